The Labute approximate surface area is 139 Å². The van der Waals surface area contributed by atoms with Gasteiger partial charge in [0.05, 0.1) is 13.2 Å². The van der Waals surface area contributed by atoms with Gasteiger partial charge in [0, 0.05) is 19.6 Å². The maximum absolute atomic E-state index is 12.5. The lowest BCUT2D eigenvalue weighted by Gasteiger charge is -2.42. The maximum Gasteiger partial charge on any atom is 0.317 e. The van der Waals surface area contributed by atoms with Crippen molar-refractivity contribution in [1.82, 2.24) is 15.1 Å². The molecule has 0 aromatic heterocycles. The molecule has 1 atom stereocenters. The highest BCUT2D eigenvalue weighted by atomic mass is 16.5. The molecule has 1 saturated heterocycles. The standard InChI is InChI=1S/C18H29N3O2/c1-18(2,13-20(3)4)12-19-17(22)21-10-9-16(21)14-7-6-8-15(11-14)23-5/h6-8,11,16H,9-10,12-13H2,1-5H3,(H,19,22)/t16-/m1/s1. The predicted octanol–water partition coefficient (Wildman–Crippen LogP) is 2.74. The third-order valence-electron chi connectivity index (χ3n) is 4.22. The van der Waals surface area contributed by atoms with Crippen molar-refractivity contribution < 1.29 is 9.53 Å². The minimum atomic E-state index is 0.0240. The van der Waals surface area contributed by atoms with Gasteiger partial charge in [-0.15, -0.1) is 0 Å². The molecule has 0 spiro atoms. The van der Waals surface area contributed by atoms with Crippen LogP contribution in [-0.4, -0.2) is 56.7 Å². The van der Waals surface area contributed by atoms with Crippen LogP contribution in [0.3, 0.4) is 0 Å². The predicted molar refractivity (Wildman–Crippen MR) is 92.8 cm³/mol. The van der Waals surface area contributed by atoms with Gasteiger partial charge in [-0.05, 0) is 43.6 Å². The van der Waals surface area contributed by atoms with Gasteiger partial charge >= 0.3 is 6.03 Å². The average Bonchev–Trinajstić information content (AvgIpc) is 2.43. The largest absolute Gasteiger partial charge is 0.497 e. The number of carbonyl (C=O) groups excluding carboxylic acids is 1. The Morgan fingerprint density at radius 1 is 1.43 bits per heavy atom. The smallest absolute Gasteiger partial charge is 0.317 e. The minimum absolute atomic E-state index is 0.0240. The van der Waals surface area contributed by atoms with E-state index >= 15 is 0 Å². The van der Waals surface area contributed by atoms with Crippen LogP contribution in [0.2, 0.25) is 0 Å². The summed E-state index contributed by atoms with van der Waals surface area (Å²) >= 11 is 0. The number of nitrogens with one attached hydrogen (secondary N) is 1. The molecule has 1 aromatic carbocycles. The highest BCUT2D eigenvalue weighted by Gasteiger charge is 2.34. The molecule has 1 heterocycles. The summed E-state index contributed by atoms with van der Waals surface area (Å²) in [6.07, 6.45) is 1.00. The molecule has 0 aliphatic carbocycles. The van der Waals surface area contributed by atoms with Crippen molar-refractivity contribution in [2.75, 3.05) is 40.8 Å². The topological polar surface area (TPSA) is 44.8 Å². The van der Waals surface area contributed by atoms with Gasteiger partial charge in [0.1, 0.15) is 5.75 Å². The zero-order valence-electron chi connectivity index (χ0n) is 14.9. The van der Waals surface area contributed by atoms with Crippen LogP contribution >= 0.6 is 0 Å². The summed E-state index contributed by atoms with van der Waals surface area (Å²) in [5.41, 5.74) is 1.19. The molecule has 1 fully saturated rings. The number of urea groups is 1. The molecule has 23 heavy (non-hydrogen) atoms. The van der Waals surface area contributed by atoms with Crippen LogP contribution < -0.4 is 10.1 Å². The second-order valence-electron chi connectivity index (χ2n) is 7.34. The second kappa shape index (κ2) is 7.21. The van der Waals surface area contributed by atoms with Crippen molar-refractivity contribution >= 4 is 6.03 Å². The molecular formula is C18H29N3O2. The second-order valence-corrected chi connectivity index (χ2v) is 7.34. The Hall–Kier alpha value is -1.75. The van der Waals surface area contributed by atoms with Crippen molar-refractivity contribution in [3.05, 3.63) is 29.8 Å². The van der Waals surface area contributed by atoms with Gasteiger partial charge in [-0.2, -0.15) is 0 Å². The van der Waals surface area contributed by atoms with Gasteiger partial charge in [-0.1, -0.05) is 26.0 Å². The third kappa shape index (κ3) is 4.61. The number of rotatable bonds is 6. The first-order valence-electron chi connectivity index (χ1n) is 8.15. The SMILES string of the molecule is COc1cccc([C@H]2CCN2C(=O)NCC(C)(C)CN(C)C)c1. The van der Waals surface area contributed by atoms with Crippen molar-refractivity contribution in [2.45, 2.75) is 26.3 Å². The Bertz CT molecular complexity index is 543. The molecular weight excluding hydrogens is 290 g/mol. The normalized spacial score (nSPS) is 17.8. The van der Waals surface area contributed by atoms with E-state index in [4.69, 9.17) is 4.74 Å². The zero-order chi connectivity index (χ0) is 17.0. The van der Waals surface area contributed by atoms with Crippen LogP contribution in [0, 0.1) is 5.41 Å². The van der Waals surface area contributed by atoms with Crippen molar-refractivity contribution in [1.29, 1.82) is 0 Å². The van der Waals surface area contributed by atoms with Gasteiger partial charge in [0.2, 0.25) is 0 Å². The van der Waals surface area contributed by atoms with E-state index in [9.17, 15) is 4.79 Å². The number of hydrogen-bond donors (Lipinski definition) is 1. The summed E-state index contributed by atoms with van der Waals surface area (Å²) in [6, 6.07) is 8.15. The van der Waals surface area contributed by atoms with Gasteiger partial charge in [-0.3, -0.25) is 0 Å². The Kier molecular flexibility index (Phi) is 5.52. The molecule has 0 saturated carbocycles. The number of amides is 2. The molecule has 2 amide bonds. The summed E-state index contributed by atoms with van der Waals surface area (Å²) in [7, 11) is 5.77. The molecule has 128 valence electrons. The fourth-order valence-corrected chi connectivity index (χ4v) is 3.15. The van der Waals surface area contributed by atoms with E-state index in [-0.39, 0.29) is 17.5 Å². The van der Waals surface area contributed by atoms with E-state index in [1.165, 1.54) is 0 Å². The first-order valence-corrected chi connectivity index (χ1v) is 8.15. The van der Waals surface area contributed by atoms with Crippen LogP contribution in [0.5, 0.6) is 5.75 Å². The Balaban J connectivity index is 1.92. The van der Waals surface area contributed by atoms with E-state index in [1.807, 2.05) is 23.1 Å². The first kappa shape index (κ1) is 17.6. The monoisotopic (exact) mass is 319 g/mol. The van der Waals surface area contributed by atoms with Crippen LogP contribution in [0.25, 0.3) is 0 Å². The summed E-state index contributed by atoms with van der Waals surface area (Å²) in [6.45, 7) is 6.76. The number of hydrogen-bond acceptors (Lipinski definition) is 3. The molecule has 1 aliphatic rings. The summed E-state index contributed by atoms with van der Waals surface area (Å²) in [5.74, 6) is 0.835. The first-order chi connectivity index (χ1) is 10.8. The van der Waals surface area contributed by atoms with Gasteiger partial charge in [-0.25, -0.2) is 4.79 Å². The zero-order valence-corrected chi connectivity index (χ0v) is 14.9. The van der Waals surface area contributed by atoms with Crippen molar-refractivity contribution in [3.8, 4) is 5.75 Å². The number of ether oxygens (including phenoxy) is 1. The minimum Gasteiger partial charge on any atom is -0.497 e. The third-order valence-corrected chi connectivity index (χ3v) is 4.22. The maximum atomic E-state index is 12.5. The van der Waals surface area contributed by atoms with E-state index in [1.54, 1.807) is 7.11 Å². The fraction of sp³-hybridized carbons (Fsp3) is 0.611. The summed E-state index contributed by atoms with van der Waals surface area (Å²) in [4.78, 5) is 16.5. The number of carbonyl (C=O) groups is 1. The number of likely N-dealkylation sites (tertiary alicyclic amines) is 1. The van der Waals surface area contributed by atoms with E-state index < -0.39 is 0 Å². The van der Waals surface area contributed by atoms with Gasteiger partial charge in [0.25, 0.3) is 0 Å². The average molecular weight is 319 g/mol. The molecule has 5 heteroatoms. The summed E-state index contributed by atoms with van der Waals surface area (Å²) < 4.78 is 5.27. The number of nitrogens with zero attached hydrogens (tertiary/aromatic N) is 2. The van der Waals surface area contributed by atoms with Crippen LogP contribution in [0.1, 0.15) is 31.9 Å². The molecule has 1 N–H and O–H groups in total. The Morgan fingerprint density at radius 3 is 2.74 bits per heavy atom. The molecule has 0 unspecified atom stereocenters. The molecule has 1 aromatic rings. The summed E-state index contributed by atoms with van der Waals surface area (Å²) in [5, 5.41) is 3.09. The van der Waals surface area contributed by atoms with Crippen molar-refractivity contribution in [3.63, 3.8) is 0 Å². The van der Waals surface area contributed by atoms with Crippen molar-refractivity contribution in [2.24, 2.45) is 5.41 Å². The molecule has 0 bridgehead atoms. The quantitative estimate of drug-likeness (QED) is 0.877. The molecule has 5 nitrogen and oxygen atoms in total. The molecule has 2 rings (SSSR count). The number of methoxy groups -OCH3 is 1. The van der Waals surface area contributed by atoms with Crippen LogP contribution in [0.4, 0.5) is 4.79 Å². The van der Waals surface area contributed by atoms with Crippen LogP contribution in [0.15, 0.2) is 24.3 Å². The molecule has 0 radical (unpaired) electrons. The van der Waals surface area contributed by atoms with E-state index in [2.05, 4.69) is 44.2 Å². The van der Waals surface area contributed by atoms with Gasteiger partial charge in [0.15, 0.2) is 0 Å². The van der Waals surface area contributed by atoms with E-state index in [0.717, 1.165) is 30.8 Å². The lowest BCUT2D eigenvalue weighted by Crippen LogP contribution is -2.52. The molecule has 1 aliphatic heterocycles. The highest BCUT2D eigenvalue weighted by molar-refractivity contribution is 5.75. The van der Waals surface area contributed by atoms with E-state index in [0.29, 0.717) is 6.54 Å². The lowest BCUT2D eigenvalue weighted by molar-refractivity contribution is 0.111. The van der Waals surface area contributed by atoms with Crippen LogP contribution in [-0.2, 0) is 0 Å². The Morgan fingerprint density at radius 2 is 2.17 bits per heavy atom. The van der Waals surface area contributed by atoms with Gasteiger partial charge < -0.3 is 19.9 Å². The highest BCUT2D eigenvalue weighted by Crippen LogP contribution is 2.34. The lowest BCUT2D eigenvalue weighted by atomic mass is 9.92. The fourth-order valence-electron chi connectivity index (χ4n) is 3.15. The number of benzene rings is 1.